The Morgan fingerprint density at radius 2 is 1.67 bits per heavy atom. The number of benzene rings is 1. The molecule has 1 N–H and O–H groups in total. The minimum absolute atomic E-state index is 0. The van der Waals surface area contributed by atoms with Crippen LogP contribution in [-0.4, -0.2) is 17.4 Å². The molecule has 1 heterocycles. The van der Waals surface area contributed by atoms with Crippen LogP contribution in [0.2, 0.25) is 0 Å². The third-order valence-corrected chi connectivity index (χ3v) is 4.67. The lowest BCUT2D eigenvalue weighted by molar-refractivity contribution is 0.0946. The van der Waals surface area contributed by atoms with Crippen LogP contribution in [0.15, 0.2) is 36.5 Å². The van der Waals surface area contributed by atoms with Gasteiger partial charge in [-0.05, 0) is 30.9 Å². The van der Waals surface area contributed by atoms with E-state index >= 15 is 0 Å². The van der Waals surface area contributed by atoms with Gasteiger partial charge in [0.15, 0.2) is 0 Å². The summed E-state index contributed by atoms with van der Waals surface area (Å²) in [6, 6.07) is 9.63. The Bertz CT molecular complexity index is 625. The van der Waals surface area contributed by atoms with E-state index in [4.69, 9.17) is 0 Å². The number of nitrogens with zero attached hydrogens (tertiary/aromatic N) is 1. The van der Waals surface area contributed by atoms with Gasteiger partial charge >= 0.3 is 0 Å². The molecule has 3 heteroatoms. The number of nitrogens with one attached hydrogen (secondary N) is 1. The number of aromatic nitrogens is 1. The minimum atomic E-state index is 0. The van der Waals surface area contributed by atoms with Gasteiger partial charge in [-0.3, -0.25) is 9.78 Å². The van der Waals surface area contributed by atoms with Gasteiger partial charge in [0.2, 0.25) is 0 Å². The van der Waals surface area contributed by atoms with Gasteiger partial charge in [-0.2, -0.15) is 0 Å². The molecule has 24 heavy (non-hydrogen) atoms. The Labute approximate surface area is 146 Å². The summed E-state index contributed by atoms with van der Waals surface area (Å²) < 4.78 is 0. The Morgan fingerprint density at radius 3 is 2.42 bits per heavy atom. The third-order valence-electron chi connectivity index (χ3n) is 4.67. The van der Waals surface area contributed by atoms with Crippen molar-refractivity contribution in [2.24, 2.45) is 5.92 Å². The van der Waals surface area contributed by atoms with E-state index in [0.29, 0.717) is 5.92 Å². The fraction of sp³-hybridized carbons (Fsp3) is 0.524. The highest BCUT2D eigenvalue weighted by Gasteiger charge is 2.14. The lowest BCUT2D eigenvalue weighted by Crippen LogP contribution is -2.29. The fourth-order valence-electron chi connectivity index (χ4n) is 3.37. The third kappa shape index (κ3) is 5.05. The molecule has 132 valence electrons. The molecule has 0 saturated heterocycles. The lowest BCUT2D eigenvalue weighted by atomic mass is 9.91. The number of hydrogen-bond donors (Lipinski definition) is 1. The van der Waals surface area contributed by atoms with Crippen molar-refractivity contribution in [1.82, 2.24) is 10.3 Å². The van der Waals surface area contributed by atoms with Gasteiger partial charge in [0.1, 0.15) is 0 Å². The Balaban J connectivity index is 0.00000144. The standard InChI is InChI=1S/C19H24N2O.2CH4/c22-19(21-14-15-8-4-2-1-3-5-9-15)17-12-13-20-18-11-7-6-10-16(17)18;;/h6-7,10-13,15H,1-5,8-9,14H2,(H,21,22);2*1H4. The molecule has 1 aliphatic rings. The number of fused-ring (bicyclic) bond motifs is 1. The molecule has 1 amide bonds. The summed E-state index contributed by atoms with van der Waals surface area (Å²) in [5, 5.41) is 4.07. The molecule has 2 aromatic rings. The largest absolute Gasteiger partial charge is 0.352 e. The normalized spacial score (nSPS) is 15.5. The summed E-state index contributed by atoms with van der Waals surface area (Å²) >= 11 is 0. The second kappa shape index (κ2) is 10.1. The molecule has 1 saturated carbocycles. The van der Waals surface area contributed by atoms with E-state index in [1.54, 1.807) is 6.20 Å². The maximum atomic E-state index is 12.5. The van der Waals surface area contributed by atoms with E-state index in [0.717, 1.165) is 23.0 Å². The number of hydrogen-bond acceptors (Lipinski definition) is 2. The Kier molecular flexibility index (Phi) is 8.45. The highest BCUT2D eigenvalue weighted by Crippen LogP contribution is 2.22. The van der Waals surface area contributed by atoms with Crippen molar-refractivity contribution in [1.29, 1.82) is 0 Å². The summed E-state index contributed by atoms with van der Waals surface area (Å²) in [5.41, 5.74) is 1.61. The highest BCUT2D eigenvalue weighted by atomic mass is 16.1. The fourth-order valence-corrected chi connectivity index (χ4v) is 3.37. The summed E-state index contributed by atoms with van der Waals surface area (Å²) in [4.78, 5) is 16.8. The van der Waals surface area contributed by atoms with E-state index in [1.165, 1.54) is 44.9 Å². The molecule has 0 spiro atoms. The SMILES string of the molecule is C.C.O=C(NCC1CCCCCCC1)c1ccnc2ccccc12. The molecule has 0 aliphatic heterocycles. The molecule has 3 nitrogen and oxygen atoms in total. The van der Waals surface area contributed by atoms with Gasteiger partial charge in [-0.15, -0.1) is 0 Å². The highest BCUT2D eigenvalue weighted by molar-refractivity contribution is 6.05. The average Bonchev–Trinajstić information content (AvgIpc) is 2.53. The van der Waals surface area contributed by atoms with Crippen LogP contribution in [0.4, 0.5) is 0 Å². The molecule has 1 aromatic heterocycles. The number of para-hydroxylation sites is 1. The smallest absolute Gasteiger partial charge is 0.252 e. The first-order chi connectivity index (χ1) is 10.8. The zero-order valence-corrected chi connectivity index (χ0v) is 13.1. The second-order valence-corrected chi connectivity index (χ2v) is 6.30. The molecule has 0 radical (unpaired) electrons. The summed E-state index contributed by atoms with van der Waals surface area (Å²) in [5.74, 6) is 0.665. The van der Waals surface area contributed by atoms with Crippen molar-refractivity contribution in [2.45, 2.75) is 59.8 Å². The quantitative estimate of drug-likeness (QED) is 0.797. The van der Waals surface area contributed by atoms with Gasteiger partial charge in [0.05, 0.1) is 11.1 Å². The van der Waals surface area contributed by atoms with Gasteiger partial charge < -0.3 is 5.32 Å². The van der Waals surface area contributed by atoms with Gasteiger partial charge in [0, 0.05) is 18.1 Å². The predicted molar refractivity (Wildman–Crippen MR) is 103 cm³/mol. The topological polar surface area (TPSA) is 42.0 Å². The molecule has 1 aromatic carbocycles. The summed E-state index contributed by atoms with van der Waals surface area (Å²) in [6.07, 6.45) is 10.9. The molecular weight excluding hydrogens is 296 g/mol. The number of rotatable bonds is 3. The minimum Gasteiger partial charge on any atom is -0.352 e. The maximum Gasteiger partial charge on any atom is 0.252 e. The van der Waals surface area contributed by atoms with Crippen molar-refractivity contribution in [3.8, 4) is 0 Å². The van der Waals surface area contributed by atoms with Crippen molar-refractivity contribution in [3.05, 3.63) is 42.1 Å². The number of carbonyl (C=O) groups is 1. The van der Waals surface area contributed by atoms with Crippen LogP contribution in [0, 0.1) is 5.92 Å². The molecule has 1 fully saturated rings. The van der Waals surface area contributed by atoms with Gasteiger partial charge in [-0.1, -0.05) is 65.2 Å². The first-order valence-corrected chi connectivity index (χ1v) is 8.46. The molecule has 0 atom stereocenters. The number of carbonyl (C=O) groups excluding carboxylic acids is 1. The first kappa shape index (κ1) is 20.1. The van der Waals surface area contributed by atoms with Crippen LogP contribution < -0.4 is 5.32 Å². The van der Waals surface area contributed by atoms with Crippen LogP contribution in [-0.2, 0) is 0 Å². The average molecular weight is 328 g/mol. The van der Waals surface area contributed by atoms with Crippen molar-refractivity contribution >= 4 is 16.8 Å². The van der Waals surface area contributed by atoms with Crippen molar-refractivity contribution < 1.29 is 4.79 Å². The molecule has 1 aliphatic carbocycles. The summed E-state index contributed by atoms with van der Waals surface area (Å²) in [7, 11) is 0. The second-order valence-electron chi connectivity index (χ2n) is 6.30. The lowest BCUT2D eigenvalue weighted by Gasteiger charge is -2.20. The van der Waals surface area contributed by atoms with Gasteiger partial charge in [0.25, 0.3) is 5.91 Å². The monoisotopic (exact) mass is 328 g/mol. The molecule has 0 bridgehead atoms. The Morgan fingerprint density at radius 1 is 1.00 bits per heavy atom. The number of amides is 1. The molecule has 3 rings (SSSR count). The van der Waals surface area contributed by atoms with E-state index < -0.39 is 0 Å². The van der Waals surface area contributed by atoms with Crippen molar-refractivity contribution in [3.63, 3.8) is 0 Å². The van der Waals surface area contributed by atoms with E-state index in [2.05, 4.69) is 10.3 Å². The van der Waals surface area contributed by atoms with E-state index in [1.807, 2.05) is 30.3 Å². The van der Waals surface area contributed by atoms with E-state index in [-0.39, 0.29) is 20.8 Å². The zero-order chi connectivity index (χ0) is 15.2. The van der Waals surface area contributed by atoms with E-state index in [9.17, 15) is 4.79 Å². The molecular formula is C21H32N2O. The van der Waals surface area contributed by atoms with Crippen LogP contribution in [0.1, 0.15) is 70.2 Å². The van der Waals surface area contributed by atoms with Crippen LogP contribution in [0.5, 0.6) is 0 Å². The van der Waals surface area contributed by atoms with Crippen molar-refractivity contribution in [2.75, 3.05) is 6.54 Å². The predicted octanol–water partition coefficient (Wildman–Crippen LogP) is 5.60. The first-order valence-electron chi connectivity index (χ1n) is 8.46. The summed E-state index contributed by atoms with van der Waals surface area (Å²) in [6.45, 7) is 0.801. The zero-order valence-electron chi connectivity index (χ0n) is 13.1. The van der Waals surface area contributed by atoms with Crippen LogP contribution >= 0.6 is 0 Å². The Hall–Kier alpha value is -1.90. The van der Waals surface area contributed by atoms with Gasteiger partial charge in [-0.25, -0.2) is 0 Å². The number of pyridine rings is 1. The molecule has 0 unspecified atom stereocenters. The maximum absolute atomic E-state index is 12.5. The van der Waals surface area contributed by atoms with Crippen LogP contribution in [0.25, 0.3) is 10.9 Å². The van der Waals surface area contributed by atoms with Crippen LogP contribution in [0.3, 0.4) is 0 Å².